The number of anilines is 2. The van der Waals surface area contributed by atoms with Crippen LogP contribution in [-0.2, 0) is 20.2 Å². The number of aromatic nitrogens is 2. The molecule has 3 aromatic rings. The van der Waals surface area contributed by atoms with Gasteiger partial charge in [-0.3, -0.25) is 9.52 Å². The van der Waals surface area contributed by atoms with Crippen LogP contribution in [0.25, 0.3) is 0 Å². The first-order valence-corrected chi connectivity index (χ1v) is 12.6. The normalized spacial score (nSPS) is 12.4. The third-order valence-corrected chi connectivity index (χ3v) is 6.52. The molecule has 0 spiro atoms. The zero-order chi connectivity index (χ0) is 26.5. The standard InChI is InChI=1S/C25H30N4O6S/c1-16(35-19-11-7-17(8-12-19)25(2,3)4)23(30)26-18-9-13-20(14-10-18)36(31,32)29-21-15-22(33-5)28-24(27-21)34-6/h7-16H,1-6H3,(H,26,30)(H,27,28,29). The lowest BCUT2D eigenvalue weighted by atomic mass is 9.87. The quantitative estimate of drug-likeness (QED) is 0.438. The molecule has 0 bridgehead atoms. The molecule has 0 fully saturated rings. The van der Waals surface area contributed by atoms with Crippen molar-refractivity contribution in [1.29, 1.82) is 0 Å². The Balaban J connectivity index is 1.64. The van der Waals surface area contributed by atoms with Gasteiger partial charge in [-0.2, -0.15) is 9.97 Å². The summed E-state index contributed by atoms with van der Waals surface area (Å²) in [5, 5.41) is 2.72. The lowest BCUT2D eigenvalue weighted by Gasteiger charge is -2.20. The minimum absolute atomic E-state index is 0.0161. The van der Waals surface area contributed by atoms with Crippen molar-refractivity contribution < 1.29 is 27.4 Å². The Labute approximate surface area is 211 Å². The second-order valence-electron chi connectivity index (χ2n) is 8.94. The van der Waals surface area contributed by atoms with E-state index in [0.717, 1.165) is 5.56 Å². The van der Waals surface area contributed by atoms with Crippen molar-refractivity contribution in [1.82, 2.24) is 9.97 Å². The molecule has 0 aliphatic rings. The van der Waals surface area contributed by atoms with E-state index in [-0.39, 0.29) is 33.9 Å². The Morgan fingerprint density at radius 3 is 2.14 bits per heavy atom. The smallest absolute Gasteiger partial charge is 0.321 e. The number of hydrogen-bond acceptors (Lipinski definition) is 8. The van der Waals surface area contributed by atoms with Crippen LogP contribution in [0.3, 0.4) is 0 Å². The van der Waals surface area contributed by atoms with E-state index in [1.54, 1.807) is 6.92 Å². The first-order chi connectivity index (χ1) is 16.9. The Morgan fingerprint density at radius 2 is 1.58 bits per heavy atom. The van der Waals surface area contributed by atoms with E-state index < -0.39 is 16.1 Å². The van der Waals surface area contributed by atoms with Crippen LogP contribution in [-0.4, -0.2) is 44.6 Å². The molecular weight excluding hydrogens is 484 g/mol. The predicted octanol–water partition coefficient (Wildman–Crippen LogP) is 4.00. The molecule has 1 amide bonds. The highest BCUT2D eigenvalue weighted by Crippen LogP contribution is 2.25. The van der Waals surface area contributed by atoms with Crippen LogP contribution in [0, 0.1) is 0 Å². The Morgan fingerprint density at radius 1 is 0.944 bits per heavy atom. The fraction of sp³-hybridized carbons (Fsp3) is 0.320. The van der Waals surface area contributed by atoms with E-state index >= 15 is 0 Å². The molecule has 1 unspecified atom stereocenters. The number of nitrogens with zero attached hydrogens (tertiary/aromatic N) is 2. The van der Waals surface area contributed by atoms with Crippen molar-refractivity contribution in [2.75, 3.05) is 24.3 Å². The van der Waals surface area contributed by atoms with Gasteiger partial charge < -0.3 is 19.5 Å². The van der Waals surface area contributed by atoms with Gasteiger partial charge in [0.15, 0.2) is 11.9 Å². The molecule has 0 aliphatic heterocycles. The number of ether oxygens (including phenoxy) is 3. The highest BCUT2D eigenvalue weighted by atomic mass is 32.2. The van der Waals surface area contributed by atoms with Gasteiger partial charge in [0.25, 0.3) is 15.9 Å². The molecule has 0 radical (unpaired) electrons. The van der Waals surface area contributed by atoms with Gasteiger partial charge in [0, 0.05) is 11.8 Å². The third-order valence-electron chi connectivity index (χ3n) is 5.15. The van der Waals surface area contributed by atoms with Gasteiger partial charge in [-0.15, -0.1) is 0 Å². The molecule has 2 N–H and O–H groups in total. The molecule has 11 heteroatoms. The number of methoxy groups -OCH3 is 2. The fourth-order valence-electron chi connectivity index (χ4n) is 3.10. The second-order valence-corrected chi connectivity index (χ2v) is 10.6. The SMILES string of the molecule is COc1cc(NS(=O)(=O)c2ccc(NC(=O)C(C)Oc3ccc(C(C)(C)C)cc3)cc2)nc(OC)n1. The number of carbonyl (C=O) groups excluding carboxylic acids is 1. The maximum Gasteiger partial charge on any atom is 0.321 e. The van der Waals surface area contributed by atoms with Crippen LogP contribution in [0.15, 0.2) is 59.5 Å². The van der Waals surface area contributed by atoms with Gasteiger partial charge in [-0.05, 0) is 54.3 Å². The van der Waals surface area contributed by atoms with Crippen LogP contribution >= 0.6 is 0 Å². The molecule has 0 saturated heterocycles. The van der Waals surface area contributed by atoms with Crippen LogP contribution in [0.2, 0.25) is 0 Å². The van der Waals surface area contributed by atoms with E-state index in [1.807, 2.05) is 24.3 Å². The summed E-state index contributed by atoms with van der Waals surface area (Å²) in [4.78, 5) is 20.4. The molecular formula is C25H30N4O6S. The maximum atomic E-state index is 12.8. The molecule has 1 atom stereocenters. The Bertz CT molecular complexity index is 1280. The number of nitrogens with one attached hydrogen (secondary N) is 2. The van der Waals surface area contributed by atoms with Crippen molar-refractivity contribution in [3.8, 4) is 17.6 Å². The number of benzene rings is 2. The highest BCUT2D eigenvalue weighted by molar-refractivity contribution is 7.92. The summed E-state index contributed by atoms with van der Waals surface area (Å²) >= 11 is 0. The van der Waals surface area contributed by atoms with Gasteiger partial charge in [0.1, 0.15) is 5.75 Å². The molecule has 0 saturated carbocycles. The van der Waals surface area contributed by atoms with E-state index in [0.29, 0.717) is 11.4 Å². The molecule has 2 aromatic carbocycles. The van der Waals surface area contributed by atoms with E-state index in [1.165, 1.54) is 44.6 Å². The van der Waals surface area contributed by atoms with Gasteiger partial charge in [-0.1, -0.05) is 32.9 Å². The summed E-state index contributed by atoms with van der Waals surface area (Å²) in [6, 6.07) is 14.6. The highest BCUT2D eigenvalue weighted by Gasteiger charge is 2.19. The molecule has 36 heavy (non-hydrogen) atoms. The summed E-state index contributed by atoms with van der Waals surface area (Å²) in [5.74, 6) is 0.330. The van der Waals surface area contributed by atoms with Gasteiger partial charge in [-0.25, -0.2) is 8.42 Å². The number of rotatable bonds is 9. The number of carbonyl (C=O) groups is 1. The summed E-state index contributed by atoms with van der Waals surface area (Å²) in [6.07, 6.45) is -0.765. The zero-order valence-electron chi connectivity index (χ0n) is 21.0. The lowest BCUT2D eigenvalue weighted by molar-refractivity contribution is -0.122. The summed E-state index contributed by atoms with van der Waals surface area (Å²) < 4.78 is 43.6. The second kappa shape index (κ2) is 10.8. The van der Waals surface area contributed by atoms with Crippen molar-refractivity contribution in [2.24, 2.45) is 0 Å². The third kappa shape index (κ3) is 6.85. The lowest BCUT2D eigenvalue weighted by Crippen LogP contribution is -2.30. The average molecular weight is 515 g/mol. The van der Waals surface area contributed by atoms with Gasteiger partial charge in [0.05, 0.1) is 19.1 Å². The van der Waals surface area contributed by atoms with Crippen LogP contribution in [0.1, 0.15) is 33.3 Å². The monoisotopic (exact) mass is 514 g/mol. The van der Waals surface area contributed by atoms with Gasteiger partial charge in [0.2, 0.25) is 5.88 Å². The largest absolute Gasteiger partial charge is 0.481 e. The molecule has 0 aliphatic carbocycles. The van der Waals surface area contributed by atoms with Crippen LogP contribution in [0.4, 0.5) is 11.5 Å². The van der Waals surface area contributed by atoms with E-state index in [9.17, 15) is 13.2 Å². The minimum atomic E-state index is -3.97. The Hall–Kier alpha value is -3.86. The van der Waals surface area contributed by atoms with Crippen molar-refractivity contribution in [2.45, 2.75) is 44.1 Å². The molecule has 3 rings (SSSR count). The predicted molar refractivity (Wildman–Crippen MR) is 136 cm³/mol. The summed E-state index contributed by atoms with van der Waals surface area (Å²) in [5.41, 5.74) is 1.60. The number of sulfonamides is 1. The zero-order valence-corrected chi connectivity index (χ0v) is 21.8. The first kappa shape index (κ1) is 26.7. The summed E-state index contributed by atoms with van der Waals surface area (Å²) in [7, 11) is -1.22. The van der Waals surface area contributed by atoms with E-state index in [4.69, 9.17) is 14.2 Å². The molecule has 1 heterocycles. The van der Waals surface area contributed by atoms with Crippen LogP contribution < -0.4 is 24.2 Å². The fourth-order valence-corrected chi connectivity index (χ4v) is 4.09. The minimum Gasteiger partial charge on any atom is -0.481 e. The molecule has 10 nitrogen and oxygen atoms in total. The van der Waals surface area contributed by atoms with Gasteiger partial charge >= 0.3 is 6.01 Å². The maximum absolute atomic E-state index is 12.8. The number of hydrogen-bond donors (Lipinski definition) is 2. The molecule has 1 aromatic heterocycles. The molecule has 192 valence electrons. The Kier molecular flexibility index (Phi) is 8.03. The van der Waals surface area contributed by atoms with E-state index in [2.05, 4.69) is 40.8 Å². The van der Waals surface area contributed by atoms with Crippen molar-refractivity contribution >= 4 is 27.4 Å². The topological polar surface area (TPSA) is 129 Å². The van der Waals surface area contributed by atoms with Crippen molar-refractivity contribution in [3.05, 3.63) is 60.2 Å². The average Bonchev–Trinajstić information content (AvgIpc) is 2.83. The van der Waals surface area contributed by atoms with Crippen molar-refractivity contribution in [3.63, 3.8) is 0 Å². The number of amides is 1. The first-order valence-electron chi connectivity index (χ1n) is 11.1. The summed E-state index contributed by atoms with van der Waals surface area (Å²) in [6.45, 7) is 8.00. The van der Waals surface area contributed by atoms with Crippen LogP contribution in [0.5, 0.6) is 17.6 Å².